The lowest BCUT2D eigenvalue weighted by Crippen LogP contribution is -2.35. The smallest absolute Gasteiger partial charge is 0.0931 e. The standard InChI is InChI=1S/C12H22N2S/c1-9(2)6-11-14-10(8-15-11)7-13-12(3,4)5/h8-9,13H,6-7H2,1-5H3. The second-order valence-electron chi connectivity index (χ2n) is 5.43. The Morgan fingerprint density at radius 1 is 1.40 bits per heavy atom. The van der Waals surface area contributed by atoms with Crippen molar-refractivity contribution >= 4 is 11.3 Å². The molecule has 0 aliphatic carbocycles. The number of nitrogens with one attached hydrogen (secondary N) is 1. The van der Waals surface area contributed by atoms with Crippen LogP contribution in [0.5, 0.6) is 0 Å². The SMILES string of the molecule is CC(C)Cc1nc(CNC(C)(C)C)cs1. The second-order valence-corrected chi connectivity index (χ2v) is 6.38. The van der Waals surface area contributed by atoms with E-state index in [0.29, 0.717) is 5.92 Å². The lowest BCUT2D eigenvalue weighted by molar-refractivity contribution is 0.421. The van der Waals surface area contributed by atoms with Crippen molar-refractivity contribution in [3.63, 3.8) is 0 Å². The highest BCUT2D eigenvalue weighted by molar-refractivity contribution is 7.09. The van der Waals surface area contributed by atoms with Gasteiger partial charge in [-0.2, -0.15) is 0 Å². The van der Waals surface area contributed by atoms with E-state index < -0.39 is 0 Å². The third-order valence-electron chi connectivity index (χ3n) is 1.98. The van der Waals surface area contributed by atoms with Crippen LogP contribution in [0.1, 0.15) is 45.3 Å². The van der Waals surface area contributed by atoms with Crippen LogP contribution in [0.15, 0.2) is 5.38 Å². The van der Waals surface area contributed by atoms with Crippen molar-refractivity contribution in [2.75, 3.05) is 0 Å². The third-order valence-corrected chi connectivity index (χ3v) is 2.90. The molecule has 0 radical (unpaired) electrons. The largest absolute Gasteiger partial charge is 0.306 e. The van der Waals surface area contributed by atoms with Gasteiger partial charge in [0.2, 0.25) is 0 Å². The summed E-state index contributed by atoms with van der Waals surface area (Å²) in [5.41, 5.74) is 1.34. The predicted molar refractivity (Wildman–Crippen MR) is 67.2 cm³/mol. The fraction of sp³-hybridized carbons (Fsp3) is 0.750. The Kier molecular flexibility index (Phi) is 4.29. The number of hydrogen-bond donors (Lipinski definition) is 1. The van der Waals surface area contributed by atoms with E-state index in [1.165, 1.54) is 10.7 Å². The van der Waals surface area contributed by atoms with Gasteiger partial charge in [0.15, 0.2) is 0 Å². The maximum absolute atomic E-state index is 4.61. The first kappa shape index (κ1) is 12.7. The molecule has 0 aliphatic heterocycles. The first-order chi connectivity index (χ1) is 6.87. The zero-order valence-electron chi connectivity index (χ0n) is 10.4. The molecule has 0 atom stereocenters. The molecule has 0 saturated carbocycles. The summed E-state index contributed by atoms with van der Waals surface area (Å²) in [6.07, 6.45) is 1.10. The Balaban J connectivity index is 2.46. The van der Waals surface area contributed by atoms with Gasteiger partial charge in [-0.3, -0.25) is 0 Å². The van der Waals surface area contributed by atoms with Crippen molar-refractivity contribution in [1.29, 1.82) is 0 Å². The fourth-order valence-electron chi connectivity index (χ4n) is 1.23. The van der Waals surface area contributed by atoms with Gasteiger partial charge in [-0.1, -0.05) is 13.8 Å². The van der Waals surface area contributed by atoms with Crippen LogP contribution in [0.4, 0.5) is 0 Å². The van der Waals surface area contributed by atoms with E-state index in [2.05, 4.69) is 50.3 Å². The maximum atomic E-state index is 4.61. The molecular formula is C12H22N2S. The molecule has 0 aliphatic rings. The van der Waals surface area contributed by atoms with Crippen LogP contribution in [0.25, 0.3) is 0 Å². The van der Waals surface area contributed by atoms with Crippen LogP contribution < -0.4 is 5.32 Å². The molecule has 1 heterocycles. The average molecular weight is 226 g/mol. The van der Waals surface area contributed by atoms with Gasteiger partial charge in [0.25, 0.3) is 0 Å². The summed E-state index contributed by atoms with van der Waals surface area (Å²) in [7, 11) is 0. The minimum Gasteiger partial charge on any atom is -0.306 e. The molecule has 2 nitrogen and oxygen atoms in total. The second kappa shape index (κ2) is 5.08. The van der Waals surface area contributed by atoms with Crippen molar-refractivity contribution in [1.82, 2.24) is 10.3 Å². The highest BCUT2D eigenvalue weighted by Gasteiger charge is 2.10. The highest BCUT2D eigenvalue weighted by Crippen LogP contribution is 2.14. The molecule has 15 heavy (non-hydrogen) atoms. The quantitative estimate of drug-likeness (QED) is 0.852. The Hall–Kier alpha value is -0.410. The highest BCUT2D eigenvalue weighted by atomic mass is 32.1. The first-order valence-corrected chi connectivity index (χ1v) is 6.43. The molecule has 0 unspecified atom stereocenters. The molecule has 0 fully saturated rings. The molecule has 0 aromatic carbocycles. The van der Waals surface area contributed by atoms with Crippen LogP contribution >= 0.6 is 11.3 Å². The van der Waals surface area contributed by atoms with Crippen molar-refractivity contribution < 1.29 is 0 Å². The van der Waals surface area contributed by atoms with E-state index in [0.717, 1.165) is 13.0 Å². The summed E-state index contributed by atoms with van der Waals surface area (Å²) in [4.78, 5) is 4.61. The molecule has 86 valence electrons. The van der Waals surface area contributed by atoms with Crippen molar-refractivity contribution in [2.45, 2.75) is 53.1 Å². The van der Waals surface area contributed by atoms with Crippen LogP contribution in [0.3, 0.4) is 0 Å². The van der Waals surface area contributed by atoms with Crippen LogP contribution in [-0.4, -0.2) is 10.5 Å². The monoisotopic (exact) mass is 226 g/mol. The Bertz CT molecular complexity index is 297. The van der Waals surface area contributed by atoms with Crippen LogP contribution in [0.2, 0.25) is 0 Å². The van der Waals surface area contributed by atoms with Gasteiger partial charge in [0.1, 0.15) is 0 Å². The average Bonchev–Trinajstić information content (AvgIpc) is 2.46. The van der Waals surface area contributed by atoms with Crippen molar-refractivity contribution in [2.24, 2.45) is 5.92 Å². The van der Waals surface area contributed by atoms with Gasteiger partial charge in [0.05, 0.1) is 10.7 Å². The zero-order chi connectivity index (χ0) is 11.5. The minimum atomic E-state index is 0.168. The van der Waals surface area contributed by atoms with Crippen molar-refractivity contribution in [3.05, 3.63) is 16.1 Å². The molecule has 0 amide bonds. The Labute approximate surface area is 97.1 Å². The van der Waals surface area contributed by atoms with E-state index >= 15 is 0 Å². The third kappa shape index (κ3) is 5.28. The number of thiazole rings is 1. The normalized spacial score (nSPS) is 12.4. The van der Waals surface area contributed by atoms with E-state index in [4.69, 9.17) is 0 Å². The topological polar surface area (TPSA) is 24.9 Å². The molecule has 1 aromatic heterocycles. The van der Waals surface area contributed by atoms with Crippen LogP contribution in [0, 0.1) is 5.92 Å². The summed E-state index contributed by atoms with van der Waals surface area (Å²) < 4.78 is 0. The van der Waals surface area contributed by atoms with Gasteiger partial charge >= 0.3 is 0 Å². The molecule has 1 aromatic rings. The van der Waals surface area contributed by atoms with Crippen molar-refractivity contribution in [3.8, 4) is 0 Å². The summed E-state index contributed by atoms with van der Waals surface area (Å²) in [6, 6.07) is 0. The molecule has 1 rings (SSSR count). The minimum absolute atomic E-state index is 0.168. The zero-order valence-corrected chi connectivity index (χ0v) is 11.2. The molecule has 0 bridgehead atoms. The number of rotatable bonds is 4. The number of nitrogens with zero attached hydrogens (tertiary/aromatic N) is 1. The molecule has 0 spiro atoms. The van der Waals surface area contributed by atoms with Gasteiger partial charge < -0.3 is 5.32 Å². The van der Waals surface area contributed by atoms with Gasteiger partial charge in [-0.05, 0) is 26.7 Å². The summed E-state index contributed by atoms with van der Waals surface area (Å²) in [5, 5.41) is 6.87. The number of aromatic nitrogens is 1. The predicted octanol–water partition coefficient (Wildman–Crippen LogP) is 3.23. The Morgan fingerprint density at radius 2 is 2.07 bits per heavy atom. The van der Waals surface area contributed by atoms with Gasteiger partial charge in [-0.25, -0.2) is 4.98 Å². The fourth-order valence-corrected chi connectivity index (χ4v) is 2.24. The first-order valence-electron chi connectivity index (χ1n) is 5.55. The molecule has 0 saturated heterocycles. The summed E-state index contributed by atoms with van der Waals surface area (Å²) >= 11 is 1.78. The summed E-state index contributed by atoms with van der Waals surface area (Å²) in [6.45, 7) is 11.9. The summed E-state index contributed by atoms with van der Waals surface area (Å²) in [5.74, 6) is 0.694. The molecule has 3 heteroatoms. The number of hydrogen-bond acceptors (Lipinski definition) is 3. The van der Waals surface area contributed by atoms with Crippen LogP contribution in [-0.2, 0) is 13.0 Å². The van der Waals surface area contributed by atoms with E-state index in [1.54, 1.807) is 11.3 Å². The lowest BCUT2D eigenvalue weighted by atomic mass is 10.1. The lowest BCUT2D eigenvalue weighted by Gasteiger charge is -2.19. The molecule has 1 N–H and O–H groups in total. The molecular weight excluding hydrogens is 204 g/mol. The van der Waals surface area contributed by atoms with E-state index in [1.807, 2.05) is 0 Å². The van der Waals surface area contributed by atoms with E-state index in [9.17, 15) is 0 Å². The van der Waals surface area contributed by atoms with Gasteiger partial charge in [0, 0.05) is 23.9 Å². The maximum Gasteiger partial charge on any atom is 0.0931 e. The Morgan fingerprint density at radius 3 is 2.60 bits per heavy atom. The van der Waals surface area contributed by atoms with Gasteiger partial charge in [-0.15, -0.1) is 11.3 Å². The van der Waals surface area contributed by atoms with E-state index in [-0.39, 0.29) is 5.54 Å².